The van der Waals surface area contributed by atoms with E-state index in [1.807, 2.05) is 6.07 Å². The Morgan fingerprint density at radius 2 is 2.10 bits per heavy atom. The van der Waals surface area contributed by atoms with Crippen molar-refractivity contribution < 1.29 is 19.1 Å². The van der Waals surface area contributed by atoms with Crippen molar-refractivity contribution in [3.63, 3.8) is 0 Å². The van der Waals surface area contributed by atoms with Crippen LogP contribution in [0.2, 0.25) is 0 Å². The van der Waals surface area contributed by atoms with E-state index in [4.69, 9.17) is 4.42 Å². The standard InChI is InChI=1S/C16H21NO4/c18-14(10-16(15(19)20)7-1-2-8-16)17-12-4-3-5-13-11(12)6-9-21-13/h6,9,12H,1-5,7-8,10H2,(H,17,18)(H,19,20). The Labute approximate surface area is 123 Å². The van der Waals surface area contributed by atoms with Gasteiger partial charge in [0.05, 0.1) is 17.7 Å². The van der Waals surface area contributed by atoms with Crippen LogP contribution in [0.15, 0.2) is 16.7 Å². The molecule has 5 heteroatoms. The molecule has 0 radical (unpaired) electrons. The molecule has 5 nitrogen and oxygen atoms in total. The fourth-order valence-electron chi connectivity index (χ4n) is 3.71. The Bertz CT molecular complexity index is 542. The summed E-state index contributed by atoms with van der Waals surface area (Å²) in [5, 5.41) is 12.5. The molecule has 21 heavy (non-hydrogen) atoms. The number of carbonyl (C=O) groups excluding carboxylic acids is 1. The van der Waals surface area contributed by atoms with Crippen LogP contribution in [0.3, 0.4) is 0 Å². The maximum Gasteiger partial charge on any atom is 0.310 e. The van der Waals surface area contributed by atoms with Crippen LogP contribution in [0, 0.1) is 5.41 Å². The van der Waals surface area contributed by atoms with Crippen LogP contribution in [0.4, 0.5) is 0 Å². The van der Waals surface area contributed by atoms with Gasteiger partial charge in [0.15, 0.2) is 0 Å². The van der Waals surface area contributed by atoms with Gasteiger partial charge in [-0.3, -0.25) is 9.59 Å². The van der Waals surface area contributed by atoms with Crippen molar-refractivity contribution in [2.24, 2.45) is 5.41 Å². The molecule has 0 aromatic carbocycles. The van der Waals surface area contributed by atoms with Crippen molar-refractivity contribution in [3.05, 3.63) is 23.7 Å². The highest BCUT2D eigenvalue weighted by Crippen LogP contribution is 2.41. The molecule has 1 aromatic rings. The summed E-state index contributed by atoms with van der Waals surface area (Å²) in [5.74, 6) is -0.0403. The number of carboxylic acids is 1. The van der Waals surface area contributed by atoms with Crippen LogP contribution in [0.25, 0.3) is 0 Å². The summed E-state index contributed by atoms with van der Waals surface area (Å²) in [7, 11) is 0. The third-order valence-electron chi connectivity index (χ3n) is 4.90. The molecule has 0 saturated heterocycles. The van der Waals surface area contributed by atoms with Crippen LogP contribution in [0.5, 0.6) is 0 Å². The van der Waals surface area contributed by atoms with E-state index in [1.54, 1.807) is 6.26 Å². The maximum absolute atomic E-state index is 12.3. The van der Waals surface area contributed by atoms with Crippen molar-refractivity contribution in [1.29, 1.82) is 0 Å². The molecule has 114 valence electrons. The predicted octanol–water partition coefficient (Wildman–Crippen LogP) is 2.81. The lowest BCUT2D eigenvalue weighted by Gasteiger charge is -2.26. The predicted molar refractivity (Wildman–Crippen MR) is 75.7 cm³/mol. The number of hydrogen-bond acceptors (Lipinski definition) is 3. The SMILES string of the molecule is O=C(CC1(C(=O)O)CCCC1)NC1CCCc2occc21. The van der Waals surface area contributed by atoms with Gasteiger partial charge in [-0.1, -0.05) is 12.8 Å². The summed E-state index contributed by atoms with van der Waals surface area (Å²) in [6, 6.07) is 1.87. The minimum absolute atomic E-state index is 0.0350. The molecule has 0 spiro atoms. The van der Waals surface area contributed by atoms with Crippen molar-refractivity contribution in [1.82, 2.24) is 5.32 Å². The van der Waals surface area contributed by atoms with E-state index in [-0.39, 0.29) is 18.4 Å². The summed E-state index contributed by atoms with van der Waals surface area (Å²) in [5.41, 5.74) is 0.197. The Morgan fingerprint density at radius 1 is 1.33 bits per heavy atom. The molecule has 1 heterocycles. The molecule has 1 amide bonds. The summed E-state index contributed by atoms with van der Waals surface area (Å²) in [4.78, 5) is 23.8. The largest absolute Gasteiger partial charge is 0.481 e. The molecule has 2 N–H and O–H groups in total. The van der Waals surface area contributed by atoms with E-state index >= 15 is 0 Å². The Balaban J connectivity index is 1.66. The van der Waals surface area contributed by atoms with Gasteiger partial charge in [0.1, 0.15) is 5.76 Å². The quantitative estimate of drug-likeness (QED) is 0.894. The van der Waals surface area contributed by atoms with E-state index in [1.165, 1.54) is 0 Å². The highest BCUT2D eigenvalue weighted by Gasteiger charge is 2.43. The summed E-state index contributed by atoms with van der Waals surface area (Å²) < 4.78 is 5.41. The number of furan rings is 1. The molecule has 2 aliphatic carbocycles. The molecule has 2 aliphatic rings. The van der Waals surface area contributed by atoms with Gasteiger partial charge in [0.25, 0.3) is 0 Å². The van der Waals surface area contributed by atoms with Gasteiger partial charge in [-0.15, -0.1) is 0 Å². The molecule has 3 rings (SSSR count). The third-order valence-corrected chi connectivity index (χ3v) is 4.90. The van der Waals surface area contributed by atoms with Crippen LogP contribution in [-0.2, 0) is 16.0 Å². The zero-order valence-electron chi connectivity index (χ0n) is 12.1. The van der Waals surface area contributed by atoms with E-state index in [2.05, 4.69) is 5.32 Å². The fraction of sp³-hybridized carbons (Fsp3) is 0.625. The second kappa shape index (κ2) is 5.54. The third kappa shape index (κ3) is 2.69. The Kier molecular flexibility index (Phi) is 3.74. The van der Waals surface area contributed by atoms with Gasteiger partial charge >= 0.3 is 5.97 Å². The van der Waals surface area contributed by atoms with Gasteiger partial charge < -0.3 is 14.8 Å². The van der Waals surface area contributed by atoms with Crippen molar-refractivity contribution in [2.45, 2.75) is 57.4 Å². The number of hydrogen-bond donors (Lipinski definition) is 2. The minimum Gasteiger partial charge on any atom is -0.481 e. The lowest BCUT2D eigenvalue weighted by molar-refractivity contribution is -0.151. The van der Waals surface area contributed by atoms with Crippen LogP contribution < -0.4 is 5.32 Å². The Morgan fingerprint density at radius 3 is 2.81 bits per heavy atom. The molecule has 0 aliphatic heterocycles. The first-order valence-electron chi connectivity index (χ1n) is 7.70. The van der Waals surface area contributed by atoms with Crippen molar-refractivity contribution >= 4 is 11.9 Å². The lowest BCUT2D eigenvalue weighted by Crippen LogP contribution is -2.37. The average Bonchev–Trinajstić information content (AvgIpc) is 3.08. The van der Waals surface area contributed by atoms with E-state index in [0.717, 1.165) is 43.4 Å². The number of carbonyl (C=O) groups is 2. The summed E-state index contributed by atoms with van der Waals surface area (Å²) in [6.45, 7) is 0. The second-order valence-corrected chi connectivity index (χ2v) is 6.28. The number of aliphatic carboxylic acids is 1. The Hall–Kier alpha value is -1.78. The van der Waals surface area contributed by atoms with Crippen LogP contribution in [0.1, 0.15) is 62.3 Å². The fourth-order valence-corrected chi connectivity index (χ4v) is 3.71. The van der Waals surface area contributed by atoms with Crippen molar-refractivity contribution in [2.75, 3.05) is 0 Å². The maximum atomic E-state index is 12.3. The topological polar surface area (TPSA) is 79.5 Å². The monoisotopic (exact) mass is 291 g/mol. The first kappa shape index (κ1) is 14.2. The number of nitrogens with one attached hydrogen (secondary N) is 1. The van der Waals surface area contributed by atoms with Gasteiger partial charge in [0, 0.05) is 18.4 Å². The zero-order chi connectivity index (χ0) is 14.9. The molecule has 1 atom stereocenters. The van der Waals surface area contributed by atoms with E-state index in [9.17, 15) is 14.7 Å². The second-order valence-electron chi connectivity index (χ2n) is 6.28. The number of aryl methyl sites for hydroxylation is 1. The minimum atomic E-state index is -0.849. The number of carboxylic acid groups (broad SMARTS) is 1. The van der Waals surface area contributed by atoms with Gasteiger partial charge in [-0.25, -0.2) is 0 Å². The van der Waals surface area contributed by atoms with Crippen LogP contribution in [-0.4, -0.2) is 17.0 Å². The first-order valence-corrected chi connectivity index (χ1v) is 7.70. The number of fused-ring (bicyclic) bond motifs is 1. The normalized spacial score (nSPS) is 23.5. The number of amides is 1. The molecule has 1 aromatic heterocycles. The van der Waals surface area contributed by atoms with Gasteiger partial charge in [0.2, 0.25) is 5.91 Å². The van der Waals surface area contributed by atoms with E-state index < -0.39 is 11.4 Å². The molecular formula is C16H21NO4. The van der Waals surface area contributed by atoms with E-state index in [0.29, 0.717) is 12.8 Å². The number of rotatable bonds is 4. The highest BCUT2D eigenvalue weighted by molar-refractivity contribution is 5.85. The summed E-state index contributed by atoms with van der Waals surface area (Å²) >= 11 is 0. The first-order chi connectivity index (χ1) is 10.1. The smallest absolute Gasteiger partial charge is 0.310 e. The molecular weight excluding hydrogens is 270 g/mol. The van der Waals surface area contributed by atoms with Crippen molar-refractivity contribution in [3.8, 4) is 0 Å². The molecule has 1 saturated carbocycles. The molecule has 0 bridgehead atoms. The zero-order valence-corrected chi connectivity index (χ0v) is 12.1. The lowest BCUT2D eigenvalue weighted by atomic mass is 9.82. The summed E-state index contributed by atoms with van der Waals surface area (Å²) in [6.07, 6.45) is 7.54. The highest BCUT2D eigenvalue weighted by atomic mass is 16.4. The average molecular weight is 291 g/mol. The molecule has 1 unspecified atom stereocenters. The van der Waals surface area contributed by atoms with Gasteiger partial charge in [-0.05, 0) is 31.7 Å². The molecule has 1 fully saturated rings. The van der Waals surface area contributed by atoms with Crippen LogP contribution >= 0.6 is 0 Å². The van der Waals surface area contributed by atoms with Gasteiger partial charge in [-0.2, -0.15) is 0 Å².